The third-order valence-electron chi connectivity index (χ3n) is 18.2. The summed E-state index contributed by atoms with van der Waals surface area (Å²) >= 11 is 0. The first kappa shape index (κ1) is 95.1. The number of rotatable bonds is 77. The van der Waals surface area contributed by atoms with Gasteiger partial charge in [0.1, 0.15) is 19.3 Å². The predicted molar refractivity (Wildman–Crippen MR) is 395 cm³/mol. The fourth-order valence-corrected chi connectivity index (χ4v) is 13.6. The van der Waals surface area contributed by atoms with E-state index in [0.29, 0.717) is 25.7 Å². The minimum atomic E-state index is -4.96. The van der Waals surface area contributed by atoms with E-state index in [-0.39, 0.29) is 25.7 Å². The molecule has 0 bridgehead atoms. The summed E-state index contributed by atoms with van der Waals surface area (Å²) in [4.78, 5) is 72.8. The van der Waals surface area contributed by atoms with Gasteiger partial charge >= 0.3 is 39.5 Å². The van der Waals surface area contributed by atoms with Crippen LogP contribution < -0.4 is 0 Å². The van der Waals surface area contributed by atoms with Crippen molar-refractivity contribution in [3.63, 3.8) is 0 Å². The Labute approximate surface area is 594 Å². The molecule has 19 heteroatoms. The summed E-state index contributed by atoms with van der Waals surface area (Å²) in [7, 11) is -9.91. The van der Waals surface area contributed by atoms with Gasteiger partial charge in [-0.05, 0) is 37.5 Å². The lowest BCUT2D eigenvalue weighted by atomic mass is 10.0. The van der Waals surface area contributed by atoms with Crippen molar-refractivity contribution in [2.45, 2.75) is 426 Å². The molecule has 97 heavy (non-hydrogen) atoms. The maximum Gasteiger partial charge on any atom is 0.472 e. The van der Waals surface area contributed by atoms with Gasteiger partial charge in [0.05, 0.1) is 26.4 Å². The molecule has 17 nitrogen and oxygen atoms in total. The third kappa shape index (κ3) is 72.2. The highest BCUT2D eigenvalue weighted by Gasteiger charge is 2.30. The van der Waals surface area contributed by atoms with E-state index in [0.717, 1.165) is 102 Å². The molecule has 0 amide bonds. The van der Waals surface area contributed by atoms with Gasteiger partial charge < -0.3 is 33.8 Å². The molecule has 0 aliphatic rings. The molecule has 2 unspecified atom stereocenters. The summed E-state index contributed by atoms with van der Waals surface area (Å²) in [5.74, 6) is -0.556. The first-order valence-electron chi connectivity index (χ1n) is 40.5. The second-order valence-corrected chi connectivity index (χ2v) is 32.0. The van der Waals surface area contributed by atoms with Crippen molar-refractivity contribution in [1.29, 1.82) is 0 Å². The van der Waals surface area contributed by atoms with Crippen molar-refractivity contribution < 1.29 is 80.2 Å². The number of carbonyl (C=O) groups is 4. The Bertz CT molecular complexity index is 1870. The molecule has 0 aliphatic carbocycles. The highest BCUT2D eigenvalue weighted by molar-refractivity contribution is 7.47. The zero-order chi connectivity index (χ0) is 71.4. The SMILES string of the molecule is CCCCCCCCCCCCCCCCC(=O)OC[C@H](COP(=O)(O)OC[C@@H](O)COP(=O)(O)OC[C@@H](COC(=O)CCCCCCCCCCCC)OC(=O)CCCCCCCCCCCC(C)C)OC(=O)CCCCCCCCCCCCCCCCCCCCC(C)C. The molecule has 0 saturated carbocycles. The van der Waals surface area contributed by atoms with Gasteiger partial charge in [0, 0.05) is 25.7 Å². The zero-order valence-corrected chi connectivity index (χ0v) is 65.2. The average molecular weight is 1420 g/mol. The van der Waals surface area contributed by atoms with Crippen LogP contribution >= 0.6 is 15.6 Å². The average Bonchev–Trinajstić information content (AvgIpc) is 1.01. The van der Waals surface area contributed by atoms with E-state index in [4.69, 9.17) is 37.0 Å². The summed E-state index contributed by atoms with van der Waals surface area (Å²) in [6.07, 6.45) is 58.3. The molecule has 0 spiro atoms. The van der Waals surface area contributed by atoms with E-state index < -0.39 is 97.5 Å². The van der Waals surface area contributed by atoms with E-state index in [9.17, 15) is 43.2 Å². The van der Waals surface area contributed by atoms with Crippen molar-refractivity contribution in [3.8, 4) is 0 Å². The number of aliphatic hydroxyl groups is 1. The normalized spacial score (nSPS) is 14.0. The minimum absolute atomic E-state index is 0.106. The van der Waals surface area contributed by atoms with Gasteiger partial charge in [0.15, 0.2) is 12.2 Å². The molecule has 0 aliphatic heterocycles. The van der Waals surface area contributed by atoms with Gasteiger partial charge in [-0.1, -0.05) is 356 Å². The summed E-state index contributed by atoms with van der Waals surface area (Å²) in [5.41, 5.74) is 0. The van der Waals surface area contributed by atoms with Gasteiger partial charge in [0.25, 0.3) is 0 Å². The van der Waals surface area contributed by atoms with Gasteiger partial charge in [-0.2, -0.15) is 0 Å². The van der Waals surface area contributed by atoms with Crippen LogP contribution in [0.1, 0.15) is 408 Å². The first-order chi connectivity index (χ1) is 46.9. The minimum Gasteiger partial charge on any atom is -0.462 e. The molecule has 3 N–H and O–H groups in total. The molecule has 0 aromatic carbocycles. The van der Waals surface area contributed by atoms with Crippen molar-refractivity contribution in [2.75, 3.05) is 39.6 Å². The zero-order valence-electron chi connectivity index (χ0n) is 63.4. The fourth-order valence-electron chi connectivity index (χ4n) is 12.0. The highest BCUT2D eigenvalue weighted by Crippen LogP contribution is 2.45. The number of phosphoric acid groups is 2. The maximum atomic E-state index is 13.1. The Morgan fingerprint density at radius 2 is 0.474 bits per heavy atom. The van der Waals surface area contributed by atoms with Gasteiger partial charge in [-0.25, -0.2) is 9.13 Å². The van der Waals surface area contributed by atoms with Crippen LogP contribution in [0.3, 0.4) is 0 Å². The number of phosphoric ester groups is 2. The Kier molecular flexibility index (Phi) is 68.4. The Morgan fingerprint density at radius 3 is 0.701 bits per heavy atom. The molecule has 0 fully saturated rings. The fraction of sp³-hybridized carbons (Fsp3) is 0.949. The van der Waals surface area contributed by atoms with E-state index >= 15 is 0 Å². The molecule has 0 radical (unpaired) electrons. The van der Waals surface area contributed by atoms with Crippen molar-refractivity contribution in [1.82, 2.24) is 0 Å². The number of aliphatic hydroxyl groups excluding tert-OH is 1. The van der Waals surface area contributed by atoms with Crippen molar-refractivity contribution in [3.05, 3.63) is 0 Å². The maximum absolute atomic E-state index is 13.1. The molecule has 0 saturated heterocycles. The molecule has 0 rings (SSSR count). The topological polar surface area (TPSA) is 237 Å². The number of carbonyl (C=O) groups excluding carboxylic acids is 4. The number of ether oxygens (including phenoxy) is 4. The van der Waals surface area contributed by atoms with Crippen LogP contribution in [-0.2, 0) is 65.4 Å². The van der Waals surface area contributed by atoms with Crippen LogP contribution in [0.15, 0.2) is 0 Å². The first-order valence-corrected chi connectivity index (χ1v) is 43.5. The van der Waals surface area contributed by atoms with Crippen LogP contribution in [0.5, 0.6) is 0 Å². The lowest BCUT2D eigenvalue weighted by Crippen LogP contribution is -2.30. The smallest absolute Gasteiger partial charge is 0.462 e. The molecule has 0 heterocycles. The van der Waals surface area contributed by atoms with E-state index in [1.165, 1.54) is 225 Å². The van der Waals surface area contributed by atoms with Gasteiger partial charge in [-0.3, -0.25) is 37.3 Å². The number of esters is 4. The van der Waals surface area contributed by atoms with Crippen LogP contribution in [0.2, 0.25) is 0 Å². The third-order valence-corrected chi connectivity index (χ3v) is 20.1. The number of hydrogen-bond acceptors (Lipinski definition) is 15. The standard InChI is InChI=1S/C78H152O17P2/c1-7-9-11-13-15-17-19-20-28-31-37-43-49-55-61-76(81)89-67-73(94-77(82)62-56-50-44-38-32-29-26-24-22-21-23-25-27-30-34-40-46-52-58-70(3)4)68-92-96(84,85)90-64-72(79)65-91-97(86,87)93-69-74(66-88-75(80)60-54-48-42-36-18-16-14-12-10-8-2)95-78(83)63-57-51-45-39-33-35-41-47-53-59-71(5)6/h70-74,79H,7-69H2,1-6H3,(H,84,85)(H,86,87)/t72-,73-,74-/m1/s1. The number of hydrogen-bond donors (Lipinski definition) is 3. The van der Waals surface area contributed by atoms with Gasteiger partial charge in [0.2, 0.25) is 0 Å². The summed E-state index contributed by atoms with van der Waals surface area (Å²) in [5, 5.41) is 10.6. The lowest BCUT2D eigenvalue weighted by Gasteiger charge is -2.21. The van der Waals surface area contributed by atoms with Crippen LogP contribution in [-0.4, -0.2) is 96.7 Å². The molecular weight excluding hydrogens is 1270 g/mol. The predicted octanol–water partition coefficient (Wildman–Crippen LogP) is 23.1. The molecule has 576 valence electrons. The Morgan fingerprint density at radius 1 is 0.278 bits per heavy atom. The van der Waals surface area contributed by atoms with Gasteiger partial charge in [-0.15, -0.1) is 0 Å². The monoisotopic (exact) mass is 1420 g/mol. The largest absolute Gasteiger partial charge is 0.472 e. The van der Waals surface area contributed by atoms with Crippen molar-refractivity contribution >= 4 is 39.5 Å². The van der Waals surface area contributed by atoms with Crippen LogP contribution in [0.25, 0.3) is 0 Å². The quantitative estimate of drug-likeness (QED) is 0.0222. The summed E-state index contributed by atoms with van der Waals surface area (Å²) < 4.78 is 68.6. The highest BCUT2D eigenvalue weighted by atomic mass is 31.2. The second kappa shape index (κ2) is 69.8. The van der Waals surface area contributed by atoms with E-state index in [2.05, 4.69) is 41.5 Å². The molecule has 0 aromatic rings. The summed E-state index contributed by atoms with van der Waals surface area (Å²) in [6.45, 7) is 9.62. The molecule has 5 atom stereocenters. The second-order valence-electron chi connectivity index (χ2n) is 29.1. The van der Waals surface area contributed by atoms with E-state index in [1.807, 2.05) is 0 Å². The molecule has 0 aromatic heterocycles. The Balaban J connectivity index is 5.20. The summed E-state index contributed by atoms with van der Waals surface area (Å²) in [6, 6.07) is 0. The van der Waals surface area contributed by atoms with Crippen molar-refractivity contribution in [2.24, 2.45) is 11.8 Å². The van der Waals surface area contributed by atoms with E-state index in [1.54, 1.807) is 0 Å². The van der Waals surface area contributed by atoms with Crippen LogP contribution in [0.4, 0.5) is 0 Å². The number of unbranched alkanes of at least 4 members (excludes halogenated alkanes) is 47. The molecular formula is C78H152O17P2. The van der Waals surface area contributed by atoms with Crippen LogP contribution in [0, 0.1) is 11.8 Å². The lowest BCUT2D eigenvalue weighted by molar-refractivity contribution is -0.161. The Hall–Kier alpha value is -1.94.